The van der Waals surface area contributed by atoms with Crippen molar-refractivity contribution in [2.75, 3.05) is 18.6 Å². The fourth-order valence-corrected chi connectivity index (χ4v) is 3.37. The van der Waals surface area contributed by atoms with Crippen LogP contribution in [-0.4, -0.2) is 45.8 Å². The Balaban J connectivity index is 1.90. The highest BCUT2D eigenvalue weighted by Gasteiger charge is 2.07. The molecular weight excluding hydrogens is 372 g/mol. The van der Waals surface area contributed by atoms with Gasteiger partial charge in [-0.1, -0.05) is 36.5 Å². The Morgan fingerprint density at radius 1 is 1.38 bits per heavy atom. The van der Waals surface area contributed by atoms with Gasteiger partial charge in [0.1, 0.15) is 5.03 Å². The number of amides is 1. The van der Waals surface area contributed by atoms with Gasteiger partial charge in [0.2, 0.25) is 5.91 Å². The van der Waals surface area contributed by atoms with E-state index in [1.54, 1.807) is 30.0 Å². The molecule has 2 rings (SSSR count). The number of thioether (sulfide) groups is 2. The van der Waals surface area contributed by atoms with Crippen LogP contribution >= 0.6 is 23.5 Å². The summed E-state index contributed by atoms with van der Waals surface area (Å²) in [7, 11) is 1.47. The van der Waals surface area contributed by atoms with Crippen LogP contribution in [-0.2, 0) is 4.79 Å². The molecule has 0 saturated carbocycles. The number of ether oxygens (including phenoxy) is 1. The fourth-order valence-electron chi connectivity index (χ4n) is 1.93. The summed E-state index contributed by atoms with van der Waals surface area (Å²) in [6, 6.07) is 6.87. The number of hydrogen-bond acceptors (Lipinski definition) is 8. The molecule has 0 atom stereocenters. The summed E-state index contributed by atoms with van der Waals surface area (Å²) >= 11 is 2.88. The van der Waals surface area contributed by atoms with E-state index in [4.69, 9.17) is 4.74 Å². The number of carbonyl (C=O) groups excluding carboxylic acids is 1. The molecule has 138 valence electrons. The lowest BCUT2D eigenvalue weighted by atomic mass is 10.2. The summed E-state index contributed by atoms with van der Waals surface area (Å²) in [6.45, 7) is 3.94. The zero-order chi connectivity index (χ0) is 18.9. The average molecular weight is 393 g/mol. The van der Waals surface area contributed by atoms with Gasteiger partial charge >= 0.3 is 0 Å². The standard InChI is InChI=1S/C17H20N4O3S2/c1-4-25-17-19-11(2)8-15(20-17)26-10-14(22)21-18-9-12-6-5-7-13(24-3)16(12)23/h5-9,23H,4,10H2,1-3H3,(H,21,22). The number of methoxy groups -OCH3 is 1. The third kappa shape index (κ3) is 5.92. The predicted octanol–water partition coefficient (Wildman–Crippen LogP) is 2.85. The van der Waals surface area contributed by atoms with Crippen molar-refractivity contribution >= 4 is 35.6 Å². The second kappa shape index (κ2) is 10.0. The van der Waals surface area contributed by atoms with Crippen LogP contribution in [0.5, 0.6) is 11.5 Å². The molecule has 1 heterocycles. The molecule has 0 radical (unpaired) electrons. The Hall–Kier alpha value is -2.26. The highest BCUT2D eigenvalue weighted by Crippen LogP contribution is 2.27. The van der Waals surface area contributed by atoms with Gasteiger partial charge in [0.25, 0.3) is 0 Å². The van der Waals surface area contributed by atoms with Gasteiger partial charge in [-0.25, -0.2) is 15.4 Å². The monoisotopic (exact) mass is 392 g/mol. The van der Waals surface area contributed by atoms with E-state index >= 15 is 0 Å². The maximum atomic E-state index is 11.9. The third-order valence-electron chi connectivity index (χ3n) is 3.08. The van der Waals surface area contributed by atoms with Crippen molar-refractivity contribution in [2.24, 2.45) is 5.10 Å². The van der Waals surface area contributed by atoms with Crippen molar-refractivity contribution in [3.05, 3.63) is 35.5 Å². The predicted molar refractivity (Wildman–Crippen MR) is 104 cm³/mol. The minimum absolute atomic E-state index is 0.0280. The van der Waals surface area contributed by atoms with E-state index in [0.717, 1.165) is 16.5 Å². The van der Waals surface area contributed by atoms with Gasteiger partial charge in [-0.05, 0) is 30.9 Å². The van der Waals surface area contributed by atoms with Crippen LogP contribution < -0.4 is 10.2 Å². The number of phenols is 1. The summed E-state index contributed by atoms with van der Waals surface area (Å²) in [6.07, 6.45) is 1.37. The van der Waals surface area contributed by atoms with Crippen molar-refractivity contribution in [3.63, 3.8) is 0 Å². The molecule has 0 aliphatic rings. The van der Waals surface area contributed by atoms with E-state index in [1.807, 2.05) is 19.9 Å². The molecule has 0 fully saturated rings. The van der Waals surface area contributed by atoms with Gasteiger partial charge in [0.05, 0.1) is 19.1 Å². The number of phenolic OH excluding ortho intramolecular Hbond substituents is 1. The first-order valence-electron chi connectivity index (χ1n) is 7.82. The number of hydrogen-bond donors (Lipinski definition) is 2. The smallest absolute Gasteiger partial charge is 0.250 e. The normalized spacial score (nSPS) is 10.9. The molecule has 0 aliphatic carbocycles. The Labute approximate surface area is 160 Å². The van der Waals surface area contributed by atoms with Crippen LogP contribution in [0.25, 0.3) is 0 Å². The number of rotatable bonds is 8. The molecule has 2 aromatic rings. The van der Waals surface area contributed by atoms with Crippen molar-refractivity contribution in [1.29, 1.82) is 0 Å². The van der Waals surface area contributed by atoms with E-state index in [0.29, 0.717) is 16.5 Å². The van der Waals surface area contributed by atoms with Crippen LogP contribution in [0.1, 0.15) is 18.2 Å². The molecule has 1 aromatic carbocycles. The van der Waals surface area contributed by atoms with Gasteiger partial charge in [-0.3, -0.25) is 4.79 Å². The van der Waals surface area contributed by atoms with Gasteiger partial charge in [0, 0.05) is 11.3 Å². The average Bonchev–Trinajstić information content (AvgIpc) is 2.61. The number of para-hydroxylation sites is 1. The lowest BCUT2D eigenvalue weighted by Crippen LogP contribution is -2.19. The quantitative estimate of drug-likeness (QED) is 0.234. The topological polar surface area (TPSA) is 96.7 Å². The lowest BCUT2D eigenvalue weighted by Gasteiger charge is -2.05. The molecule has 0 unspecified atom stereocenters. The van der Waals surface area contributed by atoms with E-state index in [9.17, 15) is 9.90 Å². The summed E-state index contributed by atoms with van der Waals surface area (Å²) in [5.74, 6) is 1.11. The highest BCUT2D eigenvalue weighted by atomic mass is 32.2. The van der Waals surface area contributed by atoms with Crippen molar-refractivity contribution in [2.45, 2.75) is 24.0 Å². The van der Waals surface area contributed by atoms with Crippen molar-refractivity contribution in [1.82, 2.24) is 15.4 Å². The van der Waals surface area contributed by atoms with E-state index in [-0.39, 0.29) is 17.4 Å². The van der Waals surface area contributed by atoms with Crippen LogP contribution in [0.15, 0.2) is 39.5 Å². The maximum Gasteiger partial charge on any atom is 0.250 e. The van der Waals surface area contributed by atoms with Gasteiger partial charge in [0.15, 0.2) is 16.7 Å². The minimum atomic E-state index is -0.269. The summed E-state index contributed by atoms with van der Waals surface area (Å²) in [5.41, 5.74) is 3.74. The Morgan fingerprint density at radius 2 is 2.19 bits per heavy atom. The van der Waals surface area contributed by atoms with Crippen LogP contribution in [0.4, 0.5) is 0 Å². The summed E-state index contributed by atoms with van der Waals surface area (Å²) in [4.78, 5) is 20.7. The number of nitrogens with one attached hydrogen (secondary N) is 1. The molecule has 0 aliphatic heterocycles. The van der Waals surface area contributed by atoms with E-state index < -0.39 is 0 Å². The molecule has 26 heavy (non-hydrogen) atoms. The Bertz CT molecular complexity index is 800. The third-order valence-corrected chi connectivity index (χ3v) is 4.72. The molecular formula is C17H20N4O3S2. The number of aryl methyl sites for hydroxylation is 1. The fraction of sp³-hybridized carbons (Fsp3) is 0.294. The first-order chi connectivity index (χ1) is 12.5. The minimum Gasteiger partial charge on any atom is -0.504 e. The molecule has 1 amide bonds. The molecule has 0 bridgehead atoms. The van der Waals surface area contributed by atoms with E-state index in [1.165, 1.54) is 25.1 Å². The van der Waals surface area contributed by atoms with Crippen LogP contribution in [0.2, 0.25) is 0 Å². The Kier molecular flexibility index (Phi) is 7.73. The summed E-state index contributed by atoms with van der Waals surface area (Å²) < 4.78 is 5.02. The number of aromatic hydroxyl groups is 1. The van der Waals surface area contributed by atoms with Crippen LogP contribution in [0, 0.1) is 6.92 Å². The van der Waals surface area contributed by atoms with Crippen molar-refractivity contribution < 1.29 is 14.6 Å². The lowest BCUT2D eigenvalue weighted by molar-refractivity contribution is -0.118. The van der Waals surface area contributed by atoms with Gasteiger partial charge in [-0.2, -0.15) is 5.10 Å². The second-order valence-electron chi connectivity index (χ2n) is 5.04. The first-order valence-corrected chi connectivity index (χ1v) is 9.79. The van der Waals surface area contributed by atoms with E-state index in [2.05, 4.69) is 20.5 Å². The zero-order valence-corrected chi connectivity index (χ0v) is 16.4. The zero-order valence-electron chi connectivity index (χ0n) is 14.7. The molecule has 7 nitrogen and oxygen atoms in total. The number of aromatic nitrogens is 2. The van der Waals surface area contributed by atoms with Gasteiger partial charge < -0.3 is 9.84 Å². The molecule has 1 aromatic heterocycles. The van der Waals surface area contributed by atoms with Gasteiger partial charge in [-0.15, -0.1) is 0 Å². The number of carbonyl (C=O) groups is 1. The molecule has 9 heteroatoms. The maximum absolute atomic E-state index is 11.9. The SMILES string of the molecule is CCSc1nc(C)cc(SCC(=O)NN=Cc2cccc(OC)c2O)n1. The van der Waals surface area contributed by atoms with Crippen LogP contribution in [0.3, 0.4) is 0 Å². The Morgan fingerprint density at radius 3 is 2.92 bits per heavy atom. The second-order valence-corrected chi connectivity index (χ2v) is 7.27. The largest absolute Gasteiger partial charge is 0.504 e. The number of hydrazone groups is 1. The molecule has 2 N–H and O–H groups in total. The number of benzene rings is 1. The van der Waals surface area contributed by atoms with Crippen molar-refractivity contribution in [3.8, 4) is 11.5 Å². The first kappa shape index (κ1) is 20.1. The molecule has 0 saturated heterocycles. The highest BCUT2D eigenvalue weighted by molar-refractivity contribution is 8.00. The number of nitrogens with zero attached hydrogens (tertiary/aromatic N) is 3. The summed E-state index contributed by atoms with van der Waals surface area (Å²) in [5, 5.41) is 15.3. The molecule has 0 spiro atoms.